The fourth-order valence-electron chi connectivity index (χ4n) is 2.14. The lowest BCUT2D eigenvalue weighted by Gasteiger charge is -2.11. The molecule has 0 amide bonds. The number of aryl methyl sites for hydroxylation is 1. The number of hydrogen-bond acceptors (Lipinski definition) is 1. The second-order valence-electron chi connectivity index (χ2n) is 4.43. The van der Waals surface area contributed by atoms with Gasteiger partial charge in [0.25, 0.3) is 5.56 Å². The Kier molecular flexibility index (Phi) is 2.87. The first-order valence-electron chi connectivity index (χ1n) is 5.83. The largest absolute Gasteiger partial charge is 0.279 e. The summed E-state index contributed by atoms with van der Waals surface area (Å²) in [6, 6.07) is 6.53. The number of benzene rings is 1. The summed E-state index contributed by atoms with van der Waals surface area (Å²) in [6.45, 7) is 1.70. The maximum Gasteiger partial charge on any atom is 0.261 e. The van der Waals surface area contributed by atoms with Crippen molar-refractivity contribution < 1.29 is 8.78 Å². The van der Waals surface area contributed by atoms with E-state index in [-0.39, 0.29) is 16.4 Å². The highest BCUT2D eigenvalue weighted by Crippen LogP contribution is 2.23. The minimum Gasteiger partial charge on any atom is -0.279 e. The molecule has 0 bridgehead atoms. The Morgan fingerprint density at radius 3 is 2.70 bits per heavy atom. The average Bonchev–Trinajstić information content (AvgIpc) is 2.84. The van der Waals surface area contributed by atoms with Gasteiger partial charge in [-0.2, -0.15) is 4.39 Å². The highest BCUT2D eigenvalue weighted by atomic mass is 35.5. The Hall–Kier alpha value is -2.14. The first-order valence-corrected chi connectivity index (χ1v) is 6.21. The van der Waals surface area contributed by atoms with Crippen molar-refractivity contribution in [2.75, 3.05) is 0 Å². The normalized spacial score (nSPS) is 11.2. The maximum atomic E-state index is 14.1. The summed E-state index contributed by atoms with van der Waals surface area (Å²) in [4.78, 5) is 12.0. The molecule has 3 nitrogen and oxygen atoms in total. The van der Waals surface area contributed by atoms with Gasteiger partial charge in [-0.25, -0.2) is 4.39 Å². The van der Waals surface area contributed by atoms with Crippen molar-refractivity contribution in [3.63, 3.8) is 0 Å². The zero-order valence-corrected chi connectivity index (χ0v) is 11.2. The average molecular weight is 295 g/mol. The summed E-state index contributed by atoms with van der Waals surface area (Å²) < 4.78 is 30.0. The van der Waals surface area contributed by atoms with Crippen LogP contribution in [0.5, 0.6) is 0 Å². The van der Waals surface area contributed by atoms with E-state index in [4.69, 9.17) is 11.6 Å². The third kappa shape index (κ3) is 1.82. The van der Waals surface area contributed by atoms with Crippen LogP contribution in [-0.2, 0) is 0 Å². The number of aromatic nitrogens is 2. The quantitative estimate of drug-likeness (QED) is 0.632. The summed E-state index contributed by atoms with van der Waals surface area (Å²) in [6.07, 6.45) is 1.46. The van der Waals surface area contributed by atoms with Gasteiger partial charge in [0.1, 0.15) is 11.5 Å². The predicted molar refractivity (Wildman–Crippen MR) is 72.7 cm³/mol. The summed E-state index contributed by atoms with van der Waals surface area (Å²) in [5.74, 6) is -1.34. The van der Waals surface area contributed by atoms with Crippen LogP contribution in [0.1, 0.15) is 5.56 Å². The molecule has 0 saturated carbocycles. The van der Waals surface area contributed by atoms with E-state index in [2.05, 4.69) is 0 Å². The molecule has 0 unspecified atom stereocenters. The van der Waals surface area contributed by atoms with E-state index in [0.717, 1.165) is 16.7 Å². The van der Waals surface area contributed by atoms with Gasteiger partial charge in [-0.15, -0.1) is 0 Å². The molecule has 102 valence electrons. The van der Waals surface area contributed by atoms with Crippen LogP contribution in [0, 0.1) is 18.7 Å². The van der Waals surface area contributed by atoms with Crippen molar-refractivity contribution in [1.82, 2.24) is 8.97 Å². The molecule has 3 rings (SSSR count). The number of rotatable bonds is 1. The first kappa shape index (κ1) is 12.9. The second kappa shape index (κ2) is 4.45. The van der Waals surface area contributed by atoms with Crippen molar-refractivity contribution in [3.8, 4) is 5.69 Å². The molecule has 20 heavy (non-hydrogen) atoms. The first-order chi connectivity index (χ1) is 9.49. The molecule has 0 atom stereocenters. The molecule has 0 radical (unpaired) electrons. The van der Waals surface area contributed by atoms with Crippen molar-refractivity contribution >= 4 is 17.2 Å². The molecule has 2 heterocycles. The summed E-state index contributed by atoms with van der Waals surface area (Å²) in [7, 11) is 0. The zero-order chi connectivity index (χ0) is 14.4. The second-order valence-corrected chi connectivity index (χ2v) is 4.84. The van der Waals surface area contributed by atoms with Crippen LogP contribution < -0.4 is 5.56 Å². The standard InChI is InChI=1S/C14H9ClF2N2O/c1-8-5-11(10(16)6-9(8)15)19-13-3-2-4-18(13)12(17)7-14(19)20/h2-7H,1H3. The number of fused-ring (bicyclic) bond motifs is 1. The molecule has 0 spiro atoms. The van der Waals surface area contributed by atoms with Gasteiger partial charge in [0.05, 0.1) is 11.8 Å². The Bertz CT molecular complexity index is 883. The number of hydrogen-bond donors (Lipinski definition) is 0. The van der Waals surface area contributed by atoms with Crippen LogP contribution in [-0.4, -0.2) is 8.97 Å². The number of halogens is 3. The summed E-state index contributed by atoms with van der Waals surface area (Å²) >= 11 is 5.84. The number of nitrogens with zero attached hydrogens (tertiary/aromatic N) is 2. The van der Waals surface area contributed by atoms with Crippen molar-refractivity contribution in [2.45, 2.75) is 6.92 Å². The van der Waals surface area contributed by atoms with Crippen LogP contribution in [0.4, 0.5) is 8.78 Å². The van der Waals surface area contributed by atoms with Crippen molar-refractivity contribution in [3.05, 3.63) is 69.2 Å². The van der Waals surface area contributed by atoms with Crippen LogP contribution in [0.15, 0.2) is 41.3 Å². The third-order valence-corrected chi connectivity index (χ3v) is 3.53. The molecule has 6 heteroatoms. The fourth-order valence-corrected chi connectivity index (χ4v) is 2.29. The van der Waals surface area contributed by atoms with Crippen LogP contribution in [0.2, 0.25) is 5.02 Å². The Morgan fingerprint density at radius 2 is 1.95 bits per heavy atom. The van der Waals surface area contributed by atoms with Crippen molar-refractivity contribution in [1.29, 1.82) is 0 Å². The van der Waals surface area contributed by atoms with E-state index in [9.17, 15) is 13.6 Å². The van der Waals surface area contributed by atoms with E-state index in [1.165, 1.54) is 22.7 Å². The Labute approximate surface area is 117 Å². The topological polar surface area (TPSA) is 26.4 Å². The Morgan fingerprint density at radius 1 is 1.20 bits per heavy atom. The summed E-state index contributed by atoms with van der Waals surface area (Å²) in [5, 5.41) is 0.271. The van der Waals surface area contributed by atoms with E-state index in [1.807, 2.05) is 0 Å². The predicted octanol–water partition coefficient (Wildman–Crippen LogP) is 3.33. The van der Waals surface area contributed by atoms with Gasteiger partial charge in [-0.05, 0) is 36.8 Å². The molecule has 0 fully saturated rings. The van der Waals surface area contributed by atoms with Gasteiger partial charge >= 0.3 is 0 Å². The third-order valence-electron chi connectivity index (χ3n) is 3.12. The minimum absolute atomic E-state index is 0.0422. The SMILES string of the molecule is Cc1cc(-n2c(=O)cc(F)n3cccc23)c(F)cc1Cl. The van der Waals surface area contributed by atoms with Crippen molar-refractivity contribution in [2.24, 2.45) is 0 Å². The van der Waals surface area contributed by atoms with Crippen LogP contribution in [0.25, 0.3) is 11.3 Å². The molecule has 2 aromatic heterocycles. The molecular weight excluding hydrogens is 286 g/mol. The molecule has 0 saturated heterocycles. The molecule has 0 aliphatic carbocycles. The lowest BCUT2D eigenvalue weighted by molar-refractivity contribution is 0.556. The Balaban J connectivity index is 2.44. The highest BCUT2D eigenvalue weighted by molar-refractivity contribution is 6.31. The lowest BCUT2D eigenvalue weighted by Crippen LogP contribution is -2.22. The lowest BCUT2D eigenvalue weighted by atomic mass is 10.2. The van der Waals surface area contributed by atoms with E-state index in [0.29, 0.717) is 5.56 Å². The van der Waals surface area contributed by atoms with Gasteiger partial charge in [0.2, 0.25) is 5.95 Å². The minimum atomic E-state index is -0.697. The summed E-state index contributed by atoms with van der Waals surface area (Å²) in [5.41, 5.74) is 0.273. The van der Waals surface area contributed by atoms with Crippen LogP contribution in [0.3, 0.4) is 0 Å². The van der Waals surface area contributed by atoms with Gasteiger partial charge in [-0.3, -0.25) is 13.8 Å². The molecule has 0 aliphatic rings. The molecule has 3 aromatic rings. The van der Waals surface area contributed by atoms with Gasteiger partial charge in [0, 0.05) is 11.2 Å². The van der Waals surface area contributed by atoms with Gasteiger partial charge in [-0.1, -0.05) is 11.6 Å². The van der Waals surface area contributed by atoms with E-state index < -0.39 is 17.3 Å². The molecule has 1 aromatic carbocycles. The smallest absolute Gasteiger partial charge is 0.261 e. The zero-order valence-electron chi connectivity index (χ0n) is 10.4. The molecule has 0 N–H and O–H groups in total. The van der Waals surface area contributed by atoms with Crippen LogP contribution >= 0.6 is 11.6 Å². The monoisotopic (exact) mass is 294 g/mol. The fraction of sp³-hybridized carbons (Fsp3) is 0.0714. The van der Waals surface area contributed by atoms with E-state index in [1.54, 1.807) is 13.0 Å². The maximum absolute atomic E-state index is 14.1. The molecule has 0 aliphatic heterocycles. The highest BCUT2D eigenvalue weighted by Gasteiger charge is 2.14. The molecular formula is C14H9ClF2N2O. The van der Waals surface area contributed by atoms with E-state index >= 15 is 0 Å². The van der Waals surface area contributed by atoms with Gasteiger partial charge in [0.15, 0.2) is 0 Å². The van der Waals surface area contributed by atoms with Gasteiger partial charge < -0.3 is 0 Å².